The van der Waals surface area contributed by atoms with E-state index in [9.17, 15) is 4.79 Å². The molecule has 1 amide bonds. The number of carbonyl (C=O) groups is 1. The summed E-state index contributed by atoms with van der Waals surface area (Å²) in [6.07, 6.45) is 0. The van der Waals surface area contributed by atoms with Gasteiger partial charge in [-0.15, -0.1) is 0 Å². The zero-order chi connectivity index (χ0) is 9.84. The van der Waals surface area contributed by atoms with E-state index >= 15 is 0 Å². The molecule has 1 aromatic heterocycles. The first-order valence-electron chi connectivity index (χ1n) is 3.91. The van der Waals surface area contributed by atoms with Gasteiger partial charge in [0.1, 0.15) is 0 Å². The highest BCUT2D eigenvalue weighted by atomic mass is 16.5. The Labute approximate surface area is 75.7 Å². The predicted molar refractivity (Wildman–Crippen MR) is 45.0 cm³/mol. The number of aromatic nitrogens is 2. The Morgan fingerprint density at radius 3 is 2.85 bits per heavy atom. The van der Waals surface area contributed by atoms with Crippen molar-refractivity contribution >= 4 is 5.91 Å². The second-order valence-electron chi connectivity index (χ2n) is 2.65. The third kappa shape index (κ3) is 2.25. The lowest BCUT2D eigenvalue weighted by molar-refractivity contribution is 0.0784. The molecule has 1 rings (SSSR count). The van der Waals surface area contributed by atoms with Gasteiger partial charge in [0.25, 0.3) is 11.7 Å². The zero-order valence-corrected chi connectivity index (χ0v) is 7.65. The van der Waals surface area contributed by atoms with Crippen molar-refractivity contribution in [3.63, 3.8) is 0 Å². The minimum Gasteiger partial charge on any atom is -0.339 e. The SMILES string of the molecule is Cc1nc(C(=O)N(C)CCN)no1. The molecule has 0 unspecified atom stereocenters. The number of hydrogen-bond acceptors (Lipinski definition) is 5. The number of hydrogen-bond donors (Lipinski definition) is 1. The number of aryl methyl sites for hydroxylation is 1. The molecule has 0 saturated heterocycles. The van der Waals surface area contributed by atoms with E-state index in [1.807, 2.05) is 0 Å². The van der Waals surface area contributed by atoms with Crippen LogP contribution in [0.2, 0.25) is 0 Å². The summed E-state index contributed by atoms with van der Waals surface area (Å²) in [5, 5.41) is 3.50. The highest BCUT2D eigenvalue weighted by Crippen LogP contribution is 1.98. The molecular weight excluding hydrogens is 172 g/mol. The summed E-state index contributed by atoms with van der Waals surface area (Å²) >= 11 is 0. The van der Waals surface area contributed by atoms with Crippen LogP contribution in [0.1, 0.15) is 16.5 Å². The molecule has 1 heterocycles. The molecule has 72 valence electrons. The molecule has 0 bridgehead atoms. The zero-order valence-electron chi connectivity index (χ0n) is 7.65. The van der Waals surface area contributed by atoms with Crippen molar-refractivity contribution in [2.75, 3.05) is 20.1 Å². The minimum atomic E-state index is -0.276. The fourth-order valence-electron chi connectivity index (χ4n) is 0.852. The Kier molecular flexibility index (Phi) is 2.97. The van der Waals surface area contributed by atoms with Crippen molar-refractivity contribution in [3.8, 4) is 0 Å². The highest BCUT2D eigenvalue weighted by Gasteiger charge is 2.16. The fraction of sp³-hybridized carbons (Fsp3) is 0.571. The number of carbonyl (C=O) groups excluding carboxylic acids is 1. The quantitative estimate of drug-likeness (QED) is 0.678. The number of nitrogens with two attached hydrogens (primary N) is 1. The number of rotatable bonds is 3. The molecule has 0 aliphatic rings. The van der Waals surface area contributed by atoms with Crippen LogP contribution in [-0.2, 0) is 0 Å². The van der Waals surface area contributed by atoms with Gasteiger partial charge in [0, 0.05) is 27.1 Å². The smallest absolute Gasteiger partial charge is 0.295 e. The van der Waals surface area contributed by atoms with Gasteiger partial charge >= 0.3 is 0 Å². The summed E-state index contributed by atoms with van der Waals surface area (Å²) in [6, 6.07) is 0. The number of amides is 1. The summed E-state index contributed by atoms with van der Waals surface area (Å²) in [6.45, 7) is 2.53. The largest absolute Gasteiger partial charge is 0.339 e. The van der Waals surface area contributed by atoms with E-state index in [4.69, 9.17) is 5.73 Å². The molecule has 0 aliphatic heterocycles. The Hall–Kier alpha value is -1.43. The third-order valence-corrected chi connectivity index (χ3v) is 1.53. The highest BCUT2D eigenvalue weighted by molar-refractivity contribution is 5.90. The lowest BCUT2D eigenvalue weighted by Gasteiger charge is -2.12. The van der Waals surface area contributed by atoms with E-state index in [0.29, 0.717) is 19.0 Å². The van der Waals surface area contributed by atoms with Gasteiger partial charge in [-0.05, 0) is 0 Å². The first-order chi connectivity index (χ1) is 6.15. The monoisotopic (exact) mass is 184 g/mol. The van der Waals surface area contributed by atoms with Crippen LogP contribution in [-0.4, -0.2) is 41.1 Å². The molecule has 6 nitrogen and oxygen atoms in total. The Bertz CT molecular complexity index is 296. The maximum atomic E-state index is 11.4. The molecule has 0 fully saturated rings. The van der Waals surface area contributed by atoms with Gasteiger partial charge in [-0.3, -0.25) is 4.79 Å². The van der Waals surface area contributed by atoms with Crippen molar-refractivity contribution in [2.45, 2.75) is 6.92 Å². The van der Waals surface area contributed by atoms with E-state index in [1.165, 1.54) is 4.90 Å². The van der Waals surface area contributed by atoms with Crippen LogP contribution >= 0.6 is 0 Å². The van der Waals surface area contributed by atoms with Crippen molar-refractivity contribution < 1.29 is 9.32 Å². The minimum absolute atomic E-state index is 0.0773. The van der Waals surface area contributed by atoms with Gasteiger partial charge < -0.3 is 15.2 Å². The van der Waals surface area contributed by atoms with Crippen LogP contribution in [0, 0.1) is 6.92 Å². The summed E-state index contributed by atoms with van der Waals surface area (Å²) < 4.78 is 4.67. The average molecular weight is 184 g/mol. The van der Waals surface area contributed by atoms with Crippen molar-refractivity contribution in [3.05, 3.63) is 11.7 Å². The molecule has 0 spiro atoms. The summed E-state index contributed by atoms with van der Waals surface area (Å²) in [5.41, 5.74) is 5.29. The van der Waals surface area contributed by atoms with Crippen molar-refractivity contribution in [1.82, 2.24) is 15.0 Å². The van der Waals surface area contributed by atoms with Gasteiger partial charge in [0.15, 0.2) is 0 Å². The maximum absolute atomic E-state index is 11.4. The summed E-state index contributed by atoms with van der Waals surface area (Å²) in [7, 11) is 1.64. The average Bonchev–Trinajstić information content (AvgIpc) is 2.51. The normalized spacial score (nSPS) is 10.1. The Morgan fingerprint density at radius 2 is 2.38 bits per heavy atom. The number of likely N-dealkylation sites (N-methyl/N-ethyl adjacent to an activating group) is 1. The standard InChI is InChI=1S/C7H12N4O2/c1-5-9-6(10-13-5)7(12)11(2)4-3-8/h3-4,8H2,1-2H3. The van der Waals surface area contributed by atoms with Gasteiger partial charge in [-0.1, -0.05) is 5.16 Å². The van der Waals surface area contributed by atoms with E-state index < -0.39 is 0 Å². The van der Waals surface area contributed by atoms with Gasteiger partial charge in [-0.2, -0.15) is 4.98 Å². The van der Waals surface area contributed by atoms with E-state index in [2.05, 4.69) is 14.7 Å². The molecule has 6 heteroatoms. The fourth-order valence-corrected chi connectivity index (χ4v) is 0.852. The van der Waals surface area contributed by atoms with E-state index in [0.717, 1.165) is 0 Å². The molecular formula is C7H12N4O2. The lowest BCUT2D eigenvalue weighted by Crippen LogP contribution is -2.32. The van der Waals surface area contributed by atoms with Gasteiger partial charge in [0.05, 0.1) is 0 Å². The van der Waals surface area contributed by atoms with Crippen LogP contribution in [0.25, 0.3) is 0 Å². The molecule has 0 saturated carbocycles. The lowest BCUT2D eigenvalue weighted by atomic mass is 10.4. The van der Waals surface area contributed by atoms with E-state index in [1.54, 1.807) is 14.0 Å². The van der Waals surface area contributed by atoms with Crippen molar-refractivity contribution in [1.29, 1.82) is 0 Å². The van der Waals surface area contributed by atoms with Crippen LogP contribution in [0.3, 0.4) is 0 Å². The first-order valence-corrected chi connectivity index (χ1v) is 3.91. The van der Waals surface area contributed by atoms with Gasteiger partial charge in [0.2, 0.25) is 5.89 Å². The molecule has 0 atom stereocenters. The molecule has 1 aromatic rings. The van der Waals surface area contributed by atoms with Crippen LogP contribution in [0.4, 0.5) is 0 Å². The Balaban J connectivity index is 2.67. The molecule has 0 aromatic carbocycles. The topological polar surface area (TPSA) is 85.2 Å². The third-order valence-electron chi connectivity index (χ3n) is 1.53. The van der Waals surface area contributed by atoms with Crippen LogP contribution in [0.15, 0.2) is 4.52 Å². The molecule has 2 N–H and O–H groups in total. The number of nitrogens with zero attached hydrogens (tertiary/aromatic N) is 3. The Morgan fingerprint density at radius 1 is 1.69 bits per heavy atom. The van der Waals surface area contributed by atoms with Crippen molar-refractivity contribution in [2.24, 2.45) is 5.73 Å². The second-order valence-corrected chi connectivity index (χ2v) is 2.65. The second kappa shape index (κ2) is 3.99. The van der Waals surface area contributed by atoms with Crippen LogP contribution in [0.5, 0.6) is 0 Å². The van der Waals surface area contributed by atoms with Crippen LogP contribution < -0.4 is 5.73 Å². The van der Waals surface area contributed by atoms with Gasteiger partial charge in [-0.25, -0.2) is 0 Å². The molecule has 0 radical (unpaired) electrons. The molecule has 0 aliphatic carbocycles. The summed E-state index contributed by atoms with van der Waals surface area (Å²) in [4.78, 5) is 16.7. The maximum Gasteiger partial charge on any atom is 0.295 e. The summed E-state index contributed by atoms with van der Waals surface area (Å²) in [5.74, 6) is 0.181. The molecule has 13 heavy (non-hydrogen) atoms. The predicted octanol–water partition coefficient (Wildman–Crippen LogP) is -0.591. The van der Waals surface area contributed by atoms with E-state index in [-0.39, 0.29) is 11.7 Å². The first kappa shape index (κ1) is 9.66.